The van der Waals surface area contributed by atoms with Gasteiger partial charge in [0.25, 0.3) is 0 Å². The van der Waals surface area contributed by atoms with Crippen LogP contribution in [0.1, 0.15) is 56.8 Å². The minimum atomic E-state index is 0.397. The lowest BCUT2D eigenvalue weighted by Gasteiger charge is -2.28. The third-order valence-corrected chi connectivity index (χ3v) is 4.19. The zero-order chi connectivity index (χ0) is 14.2. The second-order valence-electron chi connectivity index (χ2n) is 5.70. The van der Waals surface area contributed by atoms with Gasteiger partial charge in [-0.25, -0.2) is 0 Å². The van der Waals surface area contributed by atoms with Gasteiger partial charge in [-0.05, 0) is 56.2 Å². The molecule has 1 aromatic heterocycles. The van der Waals surface area contributed by atoms with Gasteiger partial charge in [-0.3, -0.25) is 4.98 Å². The molecule has 3 nitrogen and oxygen atoms in total. The minimum absolute atomic E-state index is 0.397. The average Bonchev–Trinajstić information content (AvgIpc) is 2.52. The molecule has 1 unspecified atom stereocenters. The fraction of sp³-hybridized carbons (Fsp3) is 0.706. The maximum atomic E-state index is 5.48. The Kier molecular flexibility index (Phi) is 6.48. The summed E-state index contributed by atoms with van der Waals surface area (Å²) in [6.07, 6.45) is 7.73. The van der Waals surface area contributed by atoms with Crippen LogP contribution in [-0.4, -0.2) is 24.7 Å². The molecule has 2 rings (SSSR count). The van der Waals surface area contributed by atoms with Gasteiger partial charge in [-0.2, -0.15) is 0 Å². The van der Waals surface area contributed by atoms with Gasteiger partial charge in [0.05, 0.1) is 11.7 Å². The summed E-state index contributed by atoms with van der Waals surface area (Å²) in [6, 6.07) is 4.66. The fourth-order valence-electron chi connectivity index (χ4n) is 2.99. The zero-order valence-electron chi connectivity index (χ0n) is 12.9. The first kappa shape index (κ1) is 15.5. The van der Waals surface area contributed by atoms with Gasteiger partial charge in [0.15, 0.2) is 0 Å². The molecule has 1 aromatic rings. The van der Waals surface area contributed by atoms with Crippen molar-refractivity contribution in [2.45, 2.75) is 52.0 Å². The summed E-state index contributed by atoms with van der Waals surface area (Å²) in [6.45, 7) is 7.35. The summed E-state index contributed by atoms with van der Waals surface area (Å²) < 4.78 is 5.48. The van der Waals surface area contributed by atoms with E-state index in [1.54, 1.807) is 0 Å². The van der Waals surface area contributed by atoms with Crippen LogP contribution in [0.15, 0.2) is 18.3 Å². The number of aryl methyl sites for hydroxylation is 1. The van der Waals surface area contributed by atoms with Crippen LogP contribution in [0.2, 0.25) is 0 Å². The maximum absolute atomic E-state index is 5.48. The Labute approximate surface area is 123 Å². The molecule has 2 heterocycles. The van der Waals surface area contributed by atoms with Crippen molar-refractivity contribution in [3.05, 3.63) is 29.6 Å². The molecule has 112 valence electrons. The molecule has 1 N–H and O–H groups in total. The van der Waals surface area contributed by atoms with E-state index in [9.17, 15) is 0 Å². The topological polar surface area (TPSA) is 34.1 Å². The number of ether oxygens (including phenoxy) is 1. The second kappa shape index (κ2) is 8.38. The van der Waals surface area contributed by atoms with E-state index in [4.69, 9.17) is 4.74 Å². The zero-order valence-corrected chi connectivity index (χ0v) is 12.9. The predicted molar refractivity (Wildman–Crippen MR) is 82.8 cm³/mol. The van der Waals surface area contributed by atoms with Crippen LogP contribution in [0.3, 0.4) is 0 Å². The third kappa shape index (κ3) is 4.29. The van der Waals surface area contributed by atoms with E-state index in [1.807, 2.05) is 12.3 Å². The molecule has 1 aliphatic heterocycles. The molecule has 1 atom stereocenters. The molecule has 1 fully saturated rings. The molecule has 0 bridgehead atoms. The van der Waals surface area contributed by atoms with Gasteiger partial charge in [0, 0.05) is 19.4 Å². The normalized spacial score (nSPS) is 18.1. The van der Waals surface area contributed by atoms with Crippen LogP contribution >= 0.6 is 0 Å². The van der Waals surface area contributed by atoms with Gasteiger partial charge in [-0.15, -0.1) is 0 Å². The van der Waals surface area contributed by atoms with Crippen LogP contribution in [0, 0.1) is 5.92 Å². The van der Waals surface area contributed by atoms with E-state index < -0.39 is 0 Å². The number of hydrogen-bond donors (Lipinski definition) is 1. The molecule has 0 aromatic carbocycles. The van der Waals surface area contributed by atoms with Gasteiger partial charge < -0.3 is 10.1 Å². The standard InChI is InChI=1S/C17H28N2O/c1-3-9-18-16(13-14-7-11-20-12-8-14)17-15(4-2)6-5-10-19-17/h5-6,10,14,16,18H,3-4,7-9,11-13H2,1-2H3. The lowest BCUT2D eigenvalue weighted by Crippen LogP contribution is -2.28. The lowest BCUT2D eigenvalue weighted by molar-refractivity contribution is 0.0603. The van der Waals surface area contributed by atoms with Crippen LogP contribution in [0.25, 0.3) is 0 Å². The van der Waals surface area contributed by atoms with Gasteiger partial charge in [-0.1, -0.05) is 19.9 Å². The third-order valence-electron chi connectivity index (χ3n) is 4.19. The SMILES string of the molecule is CCCNC(CC1CCOCC1)c1ncccc1CC. The molecular formula is C17H28N2O. The van der Waals surface area contributed by atoms with Crippen LogP contribution in [0.4, 0.5) is 0 Å². The largest absolute Gasteiger partial charge is 0.381 e. The van der Waals surface area contributed by atoms with E-state index in [0.29, 0.717) is 6.04 Å². The highest BCUT2D eigenvalue weighted by atomic mass is 16.5. The van der Waals surface area contributed by atoms with E-state index in [-0.39, 0.29) is 0 Å². The molecule has 20 heavy (non-hydrogen) atoms. The van der Waals surface area contributed by atoms with Crippen molar-refractivity contribution in [1.29, 1.82) is 0 Å². The van der Waals surface area contributed by atoms with Gasteiger partial charge in [0.1, 0.15) is 0 Å². The van der Waals surface area contributed by atoms with Crippen molar-refractivity contribution in [1.82, 2.24) is 10.3 Å². The second-order valence-corrected chi connectivity index (χ2v) is 5.70. The smallest absolute Gasteiger partial charge is 0.0605 e. The molecule has 1 saturated heterocycles. The molecule has 0 spiro atoms. The average molecular weight is 276 g/mol. The van der Waals surface area contributed by atoms with E-state index in [0.717, 1.165) is 32.1 Å². The first-order valence-corrected chi connectivity index (χ1v) is 8.10. The summed E-state index contributed by atoms with van der Waals surface area (Å²) in [5, 5.41) is 3.70. The van der Waals surface area contributed by atoms with Crippen LogP contribution in [0.5, 0.6) is 0 Å². The number of nitrogens with zero attached hydrogens (tertiary/aromatic N) is 1. The fourth-order valence-corrected chi connectivity index (χ4v) is 2.99. The maximum Gasteiger partial charge on any atom is 0.0605 e. The highest BCUT2D eigenvalue weighted by molar-refractivity contribution is 5.23. The van der Waals surface area contributed by atoms with Crippen LogP contribution < -0.4 is 5.32 Å². The van der Waals surface area contributed by atoms with Crippen molar-refractivity contribution in [3.8, 4) is 0 Å². The Morgan fingerprint density at radius 2 is 2.15 bits per heavy atom. The Morgan fingerprint density at radius 3 is 2.85 bits per heavy atom. The molecule has 0 amide bonds. The van der Waals surface area contributed by atoms with Gasteiger partial charge in [0.2, 0.25) is 0 Å². The highest BCUT2D eigenvalue weighted by Crippen LogP contribution is 2.28. The minimum Gasteiger partial charge on any atom is -0.381 e. The van der Waals surface area contributed by atoms with Crippen molar-refractivity contribution >= 4 is 0 Å². The summed E-state index contributed by atoms with van der Waals surface area (Å²) in [5.41, 5.74) is 2.64. The number of nitrogens with one attached hydrogen (secondary N) is 1. The van der Waals surface area contributed by atoms with E-state index in [2.05, 4.69) is 30.2 Å². The predicted octanol–water partition coefficient (Wildman–Crippen LogP) is 3.50. The molecule has 1 aliphatic rings. The number of rotatable bonds is 7. The van der Waals surface area contributed by atoms with Crippen LogP contribution in [-0.2, 0) is 11.2 Å². The summed E-state index contributed by atoms with van der Waals surface area (Å²) >= 11 is 0. The quantitative estimate of drug-likeness (QED) is 0.827. The monoisotopic (exact) mass is 276 g/mol. The molecule has 0 radical (unpaired) electrons. The molecule has 0 saturated carbocycles. The lowest BCUT2D eigenvalue weighted by atomic mass is 9.89. The Bertz CT molecular complexity index is 388. The first-order chi connectivity index (χ1) is 9.85. The van der Waals surface area contributed by atoms with Gasteiger partial charge >= 0.3 is 0 Å². The van der Waals surface area contributed by atoms with Crippen molar-refractivity contribution in [2.75, 3.05) is 19.8 Å². The summed E-state index contributed by atoms with van der Waals surface area (Å²) in [4.78, 5) is 4.67. The van der Waals surface area contributed by atoms with E-state index in [1.165, 1.54) is 36.9 Å². The van der Waals surface area contributed by atoms with Crippen molar-refractivity contribution < 1.29 is 4.74 Å². The van der Waals surface area contributed by atoms with E-state index >= 15 is 0 Å². The number of hydrogen-bond acceptors (Lipinski definition) is 3. The van der Waals surface area contributed by atoms with Crippen molar-refractivity contribution in [2.24, 2.45) is 5.92 Å². The number of pyridine rings is 1. The molecular weight excluding hydrogens is 248 g/mol. The summed E-state index contributed by atoms with van der Waals surface area (Å²) in [7, 11) is 0. The highest BCUT2D eigenvalue weighted by Gasteiger charge is 2.22. The first-order valence-electron chi connectivity index (χ1n) is 8.10. The molecule has 0 aliphatic carbocycles. The summed E-state index contributed by atoms with van der Waals surface area (Å²) in [5.74, 6) is 0.768. The number of aromatic nitrogens is 1. The Balaban J connectivity index is 2.08. The molecule has 3 heteroatoms. The van der Waals surface area contributed by atoms with Crippen molar-refractivity contribution in [3.63, 3.8) is 0 Å². The Morgan fingerprint density at radius 1 is 1.35 bits per heavy atom. The Hall–Kier alpha value is -0.930.